The van der Waals surface area contributed by atoms with Gasteiger partial charge in [-0.05, 0) is 18.2 Å². The minimum absolute atomic E-state index is 0.562. The van der Waals surface area contributed by atoms with Crippen molar-refractivity contribution < 1.29 is 9.47 Å². The monoisotopic (exact) mass is 268 g/mol. The van der Waals surface area contributed by atoms with Crippen molar-refractivity contribution in [1.82, 2.24) is 19.9 Å². The standard InChI is InChI=1S/C14H12N4O2/c1-19-12-4-3-9(5-13(12)20-2)10-7-16-11-6-15-8-17-14(11)18-10/h3-8H,1-2H3. The molecule has 2 aromatic heterocycles. The number of benzene rings is 1. The van der Waals surface area contributed by atoms with E-state index in [0.29, 0.717) is 22.7 Å². The Labute approximate surface area is 115 Å². The predicted molar refractivity (Wildman–Crippen MR) is 73.7 cm³/mol. The summed E-state index contributed by atoms with van der Waals surface area (Å²) in [5.41, 5.74) is 2.83. The average Bonchev–Trinajstić information content (AvgIpc) is 2.53. The lowest BCUT2D eigenvalue weighted by Crippen LogP contribution is -1.94. The van der Waals surface area contributed by atoms with Crippen molar-refractivity contribution in [2.24, 2.45) is 0 Å². The molecule has 0 saturated carbocycles. The summed E-state index contributed by atoms with van der Waals surface area (Å²) < 4.78 is 10.5. The fraction of sp³-hybridized carbons (Fsp3) is 0.143. The van der Waals surface area contributed by atoms with Crippen molar-refractivity contribution >= 4 is 11.2 Å². The molecule has 0 N–H and O–H groups in total. The number of aromatic nitrogens is 4. The third-order valence-electron chi connectivity index (χ3n) is 2.90. The average molecular weight is 268 g/mol. The van der Waals surface area contributed by atoms with E-state index >= 15 is 0 Å². The van der Waals surface area contributed by atoms with Crippen LogP contribution in [0.4, 0.5) is 0 Å². The summed E-state index contributed by atoms with van der Waals surface area (Å²) in [6.45, 7) is 0. The Morgan fingerprint density at radius 3 is 2.60 bits per heavy atom. The highest BCUT2D eigenvalue weighted by atomic mass is 16.5. The molecule has 0 bridgehead atoms. The summed E-state index contributed by atoms with van der Waals surface area (Å²) in [4.78, 5) is 16.8. The van der Waals surface area contributed by atoms with E-state index in [2.05, 4.69) is 19.9 Å². The number of rotatable bonds is 3. The molecule has 0 fully saturated rings. The Kier molecular flexibility index (Phi) is 3.12. The van der Waals surface area contributed by atoms with Gasteiger partial charge in [0.2, 0.25) is 0 Å². The van der Waals surface area contributed by atoms with Gasteiger partial charge >= 0.3 is 0 Å². The maximum absolute atomic E-state index is 5.29. The minimum atomic E-state index is 0.562. The van der Waals surface area contributed by atoms with Gasteiger partial charge in [0.25, 0.3) is 0 Å². The van der Waals surface area contributed by atoms with Gasteiger partial charge in [-0.1, -0.05) is 0 Å². The Balaban J connectivity index is 2.10. The van der Waals surface area contributed by atoms with Crippen LogP contribution in [0.2, 0.25) is 0 Å². The molecule has 0 amide bonds. The van der Waals surface area contributed by atoms with Gasteiger partial charge in [0.05, 0.1) is 32.3 Å². The van der Waals surface area contributed by atoms with E-state index < -0.39 is 0 Å². The van der Waals surface area contributed by atoms with Crippen LogP contribution in [0.1, 0.15) is 0 Å². The minimum Gasteiger partial charge on any atom is -0.493 e. The van der Waals surface area contributed by atoms with Crippen molar-refractivity contribution in [1.29, 1.82) is 0 Å². The molecule has 2 heterocycles. The van der Waals surface area contributed by atoms with Crippen LogP contribution in [-0.4, -0.2) is 34.2 Å². The van der Waals surface area contributed by atoms with Crippen molar-refractivity contribution in [2.75, 3.05) is 14.2 Å². The summed E-state index contributed by atoms with van der Waals surface area (Å²) in [6, 6.07) is 5.59. The van der Waals surface area contributed by atoms with Crippen molar-refractivity contribution in [2.45, 2.75) is 0 Å². The fourth-order valence-corrected chi connectivity index (χ4v) is 1.90. The van der Waals surface area contributed by atoms with Gasteiger partial charge in [-0.25, -0.2) is 19.9 Å². The van der Waals surface area contributed by atoms with Crippen LogP contribution in [0, 0.1) is 0 Å². The second-order valence-corrected chi connectivity index (χ2v) is 4.06. The largest absolute Gasteiger partial charge is 0.493 e. The molecular weight excluding hydrogens is 256 g/mol. The van der Waals surface area contributed by atoms with Crippen LogP contribution in [0.15, 0.2) is 36.9 Å². The van der Waals surface area contributed by atoms with Gasteiger partial charge in [0, 0.05) is 5.56 Å². The third kappa shape index (κ3) is 2.11. The van der Waals surface area contributed by atoms with Gasteiger partial charge in [0.15, 0.2) is 17.1 Å². The second kappa shape index (κ2) is 5.08. The number of fused-ring (bicyclic) bond motifs is 1. The summed E-state index contributed by atoms with van der Waals surface area (Å²) in [5, 5.41) is 0. The van der Waals surface area contributed by atoms with E-state index in [0.717, 1.165) is 11.3 Å². The van der Waals surface area contributed by atoms with Crippen molar-refractivity contribution in [3.05, 3.63) is 36.9 Å². The predicted octanol–water partition coefficient (Wildman–Crippen LogP) is 2.10. The lowest BCUT2D eigenvalue weighted by atomic mass is 10.1. The third-order valence-corrected chi connectivity index (χ3v) is 2.90. The molecule has 0 aliphatic carbocycles. The smallest absolute Gasteiger partial charge is 0.181 e. The topological polar surface area (TPSA) is 70.0 Å². The van der Waals surface area contributed by atoms with Crippen LogP contribution >= 0.6 is 0 Å². The molecule has 0 saturated heterocycles. The first-order valence-corrected chi connectivity index (χ1v) is 5.97. The molecule has 0 unspecified atom stereocenters. The van der Waals surface area contributed by atoms with Gasteiger partial charge in [-0.15, -0.1) is 0 Å². The maximum atomic E-state index is 5.29. The number of nitrogens with zero attached hydrogens (tertiary/aromatic N) is 4. The molecule has 0 atom stereocenters. The molecule has 6 heteroatoms. The highest BCUT2D eigenvalue weighted by Gasteiger charge is 2.08. The maximum Gasteiger partial charge on any atom is 0.181 e. The zero-order chi connectivity index (χ0) is 13.9. The molecule has 0 aliphatic rings. The second-order valence-electron chi connectivity index (χ2n) is 4.06. The van der Waals surface area contributed by atoms with Crippen LogP contribution in [0.25, 0.3) is 22.4 Å². The molecule has 1 aromatic carbocycles. The molecule has 0 radical (unpaired) electrons. The van der Waals surface area contributed by atoms with Gasteiger partial charge in [-0.2, -0.15) is 0 Å². The summed E-state index contributed by atoms with van der Waals surface area (Å²) in [7, 11) is 3.20. The van der Waals surface area contributed by atoms with E-state index in [-0.39, 0.29) is 0 Å². The number of hydrogen-bond donors (Lipinski definition) is 0. The Morgan fingerprint density at radius 2 is 1.80 bits per heavy atom. The van der Waals surface area contributed by atoms with Gasteiger partial charge in [-0.3, -0.25) is 0 Å². The highest BCUT2D eigenvalue weighted by Crippen LogP contribution is 2.31. The molecule has 100 valence electrons. The van der Waals surface area contributed by atoms with E-state index in [9.17, 15) is 0 Å². The zero-order valence-corrected chi connectivity index (χ0v) is 11.1. The van der Waals surface area contributed by atoms with Crippen LogP contribution in [0.3, 0.4) is 0 Å². The van der Waals surface area contributed by atoms with Crippen LogP contribution < -0.4 is 9.47 Å². The molecule has 6 nitrogen and oxygen atoms in total. The first-order valence-electron chi connectivity index (χ1n) is 5.97. The number of hydrogen-bond acceptors (Lipinski definition) is 6. The SMILES string of the molecule is COc1ccc(-c2cnc3cncnc3n2)cc1OC. The summed E-state index contributed by atoms with van der Waals surface area (Å²) >= 11 is 0. The van der Waals surface area contributed by atoms with Crippen LogP contribution in [-0.2, 0) is 0 Å². The van der Waals surface area contributed by atoms with E-state index in [1.165, 1.54) is 6.33 Å². The number of ether oxygens (including phenoxy) is 2. The van der Waals surface area contributed by atoms with Crippen molar-refractivity contribution in [3.8, 4) is 22.8 Å². The quantitative estimate of drug-likeness (QED) is 0.724. The molecular formula is C14H12N4O2. The molecule has 0 aliphatic heterocycles. The van der Waals surface area contributed by atoms with Gasteiger partial charge in [0.1, 0.15) is 11.8 Å². The van der Waals surface area contributed by atoms with Crippen LogP contribution in [0.5, 0.6) is 11.5 Å². The summed E-state index contributed by atoms with van der Waals surface area (Å²) in [5.74, 6) is 1.32. The molecule has 3 aromatic rings. The van der Waals surface area contributed by atoms with E-state index in [1.54, 1.807) is 26.6 Å². The van der Waals surface area contributed by atoms with E-state index in [1.807, 2.05) is 18.2 Å². The first-order chi connectivity index (χ1) is 9.81. The number of methoxy groups -OCH3 is 2. The normalized spacial score (nSPS) is 10.5. The fourth-order valence-electron chi connectivity index (χ4n) is 1.90. The first kappa shape index (κ1) is 12.3. The van der Waals surface area contributed by atoms with Crippen molar-refractivity contribution in [3.63, 3.8) is 0 Å². The Morgan fingerprint density at radius 1 is 0.950 bits per heavy atom. The summed E-state index contributed by atoms with van der Waals surface area (Å²) in [6.07, 6.45) is 4.77. The lowest BCUT2D eigenvalue weighted by Gasteiger charge is -2.09. The Bertz CT molecular complexity index is 761. The lowest BCUT2D eigenvalue weighted by molar-refractivity contribution is 0.355. The van der Waals surface area contributed by atoms with Gasteiger partial charge < -0.3 is 9.47 Å². The molecule has 20 heavy (non-hydrogen) atoms. The highest BCUT2D eigenvalue weighted by molar-refractivity contribution is 5.73. The van der Waals surface area contributed by atoms with E-state index in [4.69, 9.17) is 9.47 Å². The zero-order valence-electron chi connectivity index (χ0n) is 11.1. The molecule has 3 rings (SSSR count). The Hall–Kier alpha value is -2.76. The molecule has 0 spiro atoms.